The lowest BCUT2D eigenvalue weighted by Gasteiger charge is -2.37. The van der Waals surface area contributed by atoms with Gasteiger partial charge in [0, 0.05) is 19.7 Å². The molecule has 1 unspecified atom stereocenters. The molecular weight excluding hydrogens is 245 g/mol. The predicted molar refractivity (Wildman–Crippen MR) is 64.6 cm³/mol. The summed E-state index contributed by atoms with van der Waals surface area (Å²) in [5.41, 5.74) is 0. The van der Waals surface area contributed by atoms with Gasteiger partial charge in [-0.15, -0.1) is 0 Å². The lowest BCUT2D eigenvalue weighted by atomic mass is 9.95. The molecule has 0 bridgehead atoms. The zero-order valence-corrected chi connectivity index (χ0v) is 11.1. The van der Waals surface area contributed by atoms with E-state index in [0.717, 1.165) is 13.1 Å². The van der Waals surface area contributed by atoms with Gasteiger partial charge < -0.3 is 10.1 Å². The lowest BCUT2D eigenvalue weighted by Crippen LogP contribution is -2.50. The van der Waals surface area contributed by atoms with Crippen molar-refractivity contribution >= 4 is 0 Å². The van der Waals surface area contributed by atoms with Gasteiger partial charge in [0.05, 0.1) is 12.5 Å². The van der Waals surface area contributed by atoms with E-state index >= 15 is 0 Å². The number of ether oxygens (including phenoxy) is 1. The molecule has 1 atom stereocenters. The molecule has 1 fully saturated rings. The molecule has 0 saturated carbocycles. The van der Waals surface area contributed by atoms with Gasteiger partial charge in [0.25, 0.3) is 0 Å². The first-order chi connectivity index (χ1) is 8.49. The molecule has 1 heterocycles. The van der Waals surface area contributed by atoms with Gasteiger partial charge in [-0.2, -0.15) is 13.2 Å². The Hall–Kier alpha value is -0.330. The van der Waals surface area contributed by atoms with Crippen molar-refractivity contribution in [2.24, 2.45) is 5.92 Å². The number of hydrogen-bond donors (Lipinski definition) is 1. The van der Waals surface area contributed by atoms with Gasteiger partial charge >= 0.3 is 6.18 Å². The monoisotopic (exact) mass is 268 g/mol. The molecule has 0 aromatic heterocycles. The van der Waals surface area contributed by atoms with E-state index in [-0.39, 0.29) is 18.9 Å². The van der Waals surface area contributed by atoms with E-state index in [4.69, 9.17) is 4.74 Å². The summed E-state index contributed by atoms with van der Waals surface area (Å²) in [4.78, 5) is 2.11. The Kier molecular flexibility index (Phi) is 6.38. The first-order valence-corrected chi connectivity index (χ1v) is 6.49. The molecule has 6 heteroatoms. The van der Waals surface area contributed by atoms with Crippen LogP contribution in [0.15, 0.2) is 0 Å². The number of rotatable bonds is 6. The summed E-state index contributed by atoms with van der Waals surface area (Å²) in [5, 5.41) is 3.23. The van der Waals surface area contributed by atoms with Gasteiger partial charge in [0.2, 0.25) is 0 Å². The Morgan fingerprint density at radius 2 is 1.94 bits per heavy atom. The number of alkyl halides is 3. The summed E-state index contributed by atoms with van der Waals surface area (Å²) in [7, 11) is 1.63. The van der Waals surface area contributed by atoms with Crippen LogP contribution in [0.5, 0.6) is 0 Å². The number of nitrogens with zero attached hydrogens (tertiary/aromatic N) is 1. The largest absolute Gasteiger partial charge is 0.391 e. The fourth-order valence-corrected chi connectivity index (χ4v) is 2.39. The van der Waals surface area contributed by atoms with Crippen LogP contribution in [-0.2, 0) is 4.74 Å². The second-order valence-corrected chi connectivity index (χ2v) is 4.77. The highest BCUT2D eigenvalue weighted by Gasteiger charge is 2.41. The van der Waals surface area contributed by atoms with E-state index in [1.165, 1.54) is 0 Å². The van der Waals surface area contributed by atoms with E-state index in [2.05, 4.69) is 10.2 Å². The van der Waals surface area contributed by atoms with Crippen LogP contribution in [0.1, 0.15) is 19.8 Å². The van der Waals surface area contributed by atoms with Crippen LogP contribution in [0.2, 0.25) is 0 Å². The lowest BCUT2D eigenvalue weighted by molar-refractivity contribution is -0.186. The van der Waals surface area contributed by atoms with Gasteiger partial charge in [0.1, 0.15) is 0 Å². The number of piperidine rings is 1. The standard InChI is InChI=1S/C12H23F3N2O/c1-3-16-8-11(9-18-2)17-6-4-10(5-7-17)12(13,14)15/h10-11,16H,3-9H2,1-2H3. The zero-order chi connectivity index (χ0) is 13.6. The van der Waals surface area contributed by atoms with Crippen LogP contribution in [-0.4, -0.2) is 57.0 Å². The molecule has 1 N–H and O–H groups in total. The average molecular weight is 268 g/mol. The Morgan fingerprint density at radius 3 is 2.39 bits per heavy atom. The summed E-state index contributed by atoms with van der Waals surface area (Å²) in [6.07, 6.45) is -3.63. The van der Waals surface area contributed by atoms with E-state index < -0.39 is 12.1 Å². The molecular formula is C12H23F3N2O. The van der Waals surface area contributed by atoms with Crippen molar-refractivity contribution in [1.29, 1.82) is 0 Å². The minimum atomic E-state index is -4.04. The number of hydrogen-bond acceptors (Lipinski definition) is 3. The van der Waals surface area contributed by atoms with Crippen LogP contribution in [0.3, 0.4) is 0 Å². The van der Waals surface area contributed by atoms with Crippen LogP contribution < -0.4 is 5.32 Å². The second kappa shape index (κ2) is 7.31. The van der Waals surface area contributed by atoms with Gasteiger partial charge in [-0.25, -0.2) is 0 Å². The quantitative estimate of drug-likeness (QED) is 0.796. The summed E-state index contributed by atoms with van der Waals surface area (Å²) in [5.74, 6) is -1.13. The molecule has 0 aliphatic carbocycles. The number of halogens is 3. The Morgan fingerprint density at radius 1 is 1.33 bits per heavy atom. The van der Waals surface area contributed by atoms with Crippen LogP contribution in [0.4, 0.5) is 13.2 Å². The highest BCUT2D eigenvalue weighted by atomic mass is 19.4. The number of nitrogens with one attached hydrogen (secondary N) is 1. The predicted octanol–water partition coefficient (Wildman–Crippen LogP) is 1.89. The van der Waals surface area contributed by atoms with Crippen LogP contribution >= 0.6 is 0 Å². The van der Waals surface area contributed by atoms with Crippen molar-refractivity contribution in [3.63, 3.8) is 0 Å². The average Bonchev–Trinajstić information content (AvgIpc) is 2.33. The molecule has 18 heavy (non-hydrogen) atoms. The van der Waals surface area contributed by atoms with Crippen molar-refractivity contribution in [2.45, 2.75) is 32.0 Å². The van der Waals surface area contributed by atoms with Crippen molar-refractivity contribution < 1.29 is 17.9 Å². The molecule has 1 aliphatic rings. The number of methoxy groups -OCH3 is 1. The number of likely N-dealkylation sites (N-methyl/N-ethyl adjacent to an activating group) is 1. The highest BCUT2D eigenvalue weighted by molar-refractivity contribution is 4.82. The van der Waals surface area contributed by atoms with Crippen molar-refractivity contribution in [3.05, 3.63) is 0 Å². The van der Waals surface area contributed by atoms with Crippen LogP contribution in [0.25, 0.3) is 0 Å². The smallest absolute Gasteiger partial charge is 0.383 e. The molecule has 0 aromatic rings. The molecule has 0 spiro atoms. The number of likely N-dealkylation sites (tertiary alicyclic amines) is 1. The summed E-state index contributed by atoms with van der Waals surface area (Å²) in [6, 6.07) is 0.170. The summed E-state index contributed by atoms with van der Waals surface area (Å²) in [6.45, 7) is 5.21. The molecule has 108 valence electrons. The maximum atomic E-state index is 12.6. The van der Waals surface area contributed by atoms with Gasteiger partial charge in [-0.3, -0.25) is 4.90 Å². The maximum absolute atomic E-state index is 12.6. The third-order valence-corrected chi connectivity index (χ3v) is 3.50. The van der Waals surface area contributed by atoms with Gasteiger partial charge in [-0.1, -0.05) is 6.92 Å². The molecule has 0 radical (unpaired) electrons. The Balaban J connectivity index is 2.43. The normalized spacial score (nSPS) is 21.2. The van der Waals surface area contributed by atoms with E-state index in [0.29, 0.717) is 19.7 Å². The Bertz CT molecular complexity index is 228. The molecule has 1 rings (SSSR count). The van der Waals surface area contributed by atoms with Crippen LogP contribution in [0, 0.1) is 5.92 Å². The molecule has 1 aliphatic heterocycles. The van der Waals surface area contributed by atoms with Crippen molar-refractivity contribution in [3.8, 4) is 0 Å². The van der Waals surface area contributed by atoms with E-state index in [9.17, 15) is 13.2 Å². The fourth-order valence-electron chi connectivity index (χ4n) is 2.39. The Labute approximate surface area is 107 Å². The minimum Gasteiger partial charge on any atom is -0.383 e. The van der Waals surface area contributed by atoms with Gasteiger partial charge in [-0.05, 0) is 32.5 Å². The minimum absolute atomic E-state index is 0.170. The summed E-state index contributed by atoms with van der Waals surface area (Å²) >= 11 is 0. The maximum Gasteiger partial charge on any atom is 0.391 e. The first-order valence-electron chi connectivity index (χ1n) is 6.49. The second-order valence-electron chi connectivity index (χ2n) is 4.77. The third-order valence-electron chi connectivity index (χ3n) is 3.50. The van der Waals surface area contributed by atoms with Crippen molar-refractivity contribution in [1.82, 2.24) is 10.2 Å². The third kappa shape index (κ3) is 4.74. The van der Waals surface area contributed by atoms with Crippen molar-refractivity contribution in [2.75, 3.05) is 39.9 Å². The zero-order valence-electron chi connectivity index (χ0n) is 11.1. The topological polar surface area (TPSA) is 24.5 Å². The van der Waals surface area contributed by atoms with E-state index in [1.54, 1.807) is 7.11 Å². The first kappa shape index (κ1) is 15.7. The molecule has 1 saturated heterocycles. The summed E-state index contributed by atoms with van der Waals surface area (Å²) < 4.78 is 42.8. The fraction of sp³-hybridized carbons (Fsp3) is 1.00. The molecule has 0 aromatic carbocycles. The molecule has 0 amide bonds. The van der Waals surface area contributed by atoms with E-state index in [1.807, 2.05) is 6.92 Å². The van der Waals surface area contributed by atoms with Gasteiger partial charge in [0.15, 0.2) is 0 Å². The highest BCUT2D eigenvalue weighted by Crippen LogP contribution is 2.34. The molecule has 3 nitrogen and oxygen atoms in total. The SMILES string of the molecule is CCNCC(COC)N1CCC(C(F)(F)F)CC1.